The summed E-state index contributed by atoms with van der Waals surface area (Å²) in [5.41, 5.74) is 5.98. The molecule has 0 aliphatic carbocycles. The van der Waals surface area contributed by atoms with Gasteiger partial charge in [-0.2, -0.15) is 5.10 Å². The number of aromatic amines is 1. The number of ether oxygens (including phenoxy) is 1. The first-order valence-electron chi connectivity index (χ1n) is 5.42. The predicted octanol–water partition coefficient (Wildman–Crippen LogP) is 2.91. The number of carbonyl (C=O) groups excluding carboxylic acids is 1. The van der Waals surface area contributed by atoms with Gasteiger partial charge in [-0.05, 0) is 34.1 Å². The van der Waals surface area contributed by atoms with Crippen LogP contribution in [0.3, 0.4) is 0 Å². The molecule has 0 fully saturated rings. The number of benzene rings is 1. The zero-order valence-corrected chi connectivity index (χ0v) is 11.7. The second-order valence-corrected chi connectivity index (χ2v) is 4.70. The van der Waals surface area contributed by atoms with Gasteiger partial charge in [-0.3, -0.25) is 9.89 Å². The van der Waals surface area contributed by atoms with Crippen molar-refractivity contribution < 1.29 is 22.7 Å². The van der Waals surface area contributed by atoms with Gasteiger partial charge in [0.2, 0.25) is 0 Å². The van der Waals surface area contributed by atoms with Crippen LogP contribution in [0.4, 0.5) is 24.5 Å². The van der Waals surface area contributed by atoms with E-state index in [1.54, 1.807) is 0 Å². The van der Waals surface area contributed by atoms with Crippen LogP contribution < -0.4 is 15.8 Å². The van der Waals surface area contributed by atoms with Gasteiger partial charge in [0, 0.05) is 5.69 Å². The first kappa shape index (κ1) is 15.2. The molecular weight excluding hydrogens is 357 g/mol. The lowest BCUT2D eigenvalue weighted by molar-refractivity contribution is -0.274. The number of aromatic nitrogens is 2. The molecular formula is C11H8BrF3N4O2. The predicted molar refractivity (Wildman–Crippen MR) is 71.8 cm³/mol. The van der Waals surface area contributed by atoms with Crippen molar-refractivity contribution in [2.75, 3.05) is 11.1 Å². The highest BCUT2D eigenvalue weighted by molar-refractivity contribution is 9.10. The molecule has 10 heteroatoms. The van der Waals surface area contributed by atoms with Crippen molar-refractivity contribution in [2.24, 2.45) is 0 Å². The third-order valence-corrected chi connectivity index (χ3v) is 2.93. The smallest absolute Gasteiger partial charge is 0.405 e. The molecule has 1 aromatic heterocycles. The van der Waals surface area contributed by atoms with Gasteiger partial charge < -0.3 is 15.8 Å². The van der Waals surface area contributed by atoms with Crippen molar-refractivity contribution in [1.29, 1.82) is 0 Å². The number of carbonyl (C=O) groups is 1. The Kier molecular flexibility index (Phi) is 4.07. The van der Waals surface area contributed by atoms with E-state index in [0.29, 0.717) is 0 Å². The molecule has 0 aliphatic rings. The lowest BCUT2D eigenvalue weighted by atomic mass is 10.3. The lowest BCUT2D eigenvalue weighted by Gasteiger charge is -2.12. The van der Waals surface area contributed by atoms with Crippen molar-refractivity contribution in [3.63, 3.8) is 0 Å². The summed E-state index contributed by atoms with van der Waals surface area (Å²) in [4.78, 5) is 11.8. The number of hydrogen-bond donors (Lipinski definition) is 3. The molecule has 4 N–H and O–H groups in total. The molecule has 0 saturated heterocycles. The van der Waals surface area contributed by atoms with Crippen LogP contribution in [0, 0.1) is 0 Å². The minimum Gasteiger partial charge on any atom is -0.405 e. The van der Waals surface area contributed by atoms with Crippen LogP contribution in [-0.4, -0.2) is 22.5 Å². The van der Waals surface area contributed by atoms with E-state index in [0.717, 1.165) is 6.07 Å². The maximum atomic E-state index is 12.1. The molecule has 2 rings (SSSR count). The molecule has 1 heterocycles. The molecule has 1 amide bonds. The normalized spacial score (nSPS) is 11.2. The van der Waals surface area contributed by atoms with Gasteiger partial charge in [0.15, 0.2) is 0 Å². The quantitative estimate of drug-likeness (QED) is 0.780. The van der Waals surface area contributed by atoms with E-state index in [9.17, 15) is 18.0 Å². The van der Waals surface area contributed by atoms with Crippen LogP contribution in [0.5, 0.6) is 5.75 Å². The van der Waals surface area contributed by atoms with E-state index >= 15 is 0 Å². The first-order valence-corrected chi connectivity index (χ1v) is 6.21. The second kappa shape index (κ2) is 5.64. The van der Waals surface area contributed by atoms with E-state index in [4.69, 9.17) is 5.73 Å². The largest absolute Gasteiger partial charge is 0.573 e. The second-order valence-electron chi connectivity index (χ2n) is 3.85. The Morgan fingerprint density at radius 2 is 2.14 bits per heavy atom. The van der Waals surface area contributed by atoms with Crippen LogP contribution in [0.1, 0.15) is 10.5 Å². The van der Waals surface area contributed by atoms with Gasteiger partial charge in [-0.1, -0.05) is 0 Å². The molecule has 112 valence electrons. The van der Waals surface area contributed by atoms with Crippen LogP contribution >= 0.6 is 15.9 Å². The highest BCUT2D eigenvalue weighted by Gasteiger charge is 2.32. The van der Waals surface area contributed by atoms with Crippen molar-refractivity contribution in [3.8, 4) is 5.75 Å². The number of halogens is 4. The maximum Gasteiger partial charge on any atom is 0.573 e. The minimum atomic E-state index is -4.79. The van der Waals surface area contributed by atoms with E-state index in [-0.39, 0.29) is 21.5 Å². The van der Waals surface area contributed by atoms with Crippen LogP contribution in [0.25, 0.3) is 0 Å². The molecule has 0 radical (unpaired) electrons. The number of nitrogens with two attached hydrogens (primary N) is 1. The minimum absolute atomic E-state index is 0.0372. The number of alkyl halides is 3. The lowest BCUT2D eigenvalue weighted by Crippen LogP contribution is -2.18. The standard InChI is InChI=1S/C11H8BrF3N4O2/c12-6-3-5(1-2-8(6)21-11(13,14)15)18-10(20)9-7(16)4-17-19-9/h1-4H,16H2,(H,17,19)(H,18,20). The fourth-order valence-electron chi connectivity index (χ4n) is 1.46. The number of nitrogen functional groups attached to an aromatic ring is 1. The fourth-order valence-corrected chi connectivity index (χ4v) is 1.92. The summed E-state index contributed by atoms with van der Waals surface area (Å²) in [5.74, 6) is -0.983. The Morgan fingerprint density at radius 1 is 1.43 bits per heavy atom. The van der Waals surface area contributed by atoms with Crippen molar-refractivity contribution in [3.05, 3.63) is 34.6 Å². The molecule has 0 aliphatic heterocycles. The number of hydrogen-bond acceptors (Lipinski definition) is 4. The van der Waals surface area contributed by atoms with Crippen molar-refractivity contribution >= 4 is 33.2 Å². The highest BCUT2D eigenvalue weighted by Crippen LogP contribution is 2.32. The van der Waals surface area contributed by atoms with E-state index in [2.05, 4.69) is 36.2 Å². The SMILES string of the molecule is Nc1cn[nH]c1C(=O)Nc1ccc(OC(F)(F)F)c(Br)c1. The van der Waals surface area contributed by atoms with E-state index in [1.807, 2.05) is 0 Å². The topological polar surface area (TPSA) is 93.0 Å². The zero-order chi connectivity index (χ0) is 15.6. The molecule has 0 atom stereocenters. The van der Waals surface area contributed by atoms with Gasteiger partial charge in [0.25, 0.3) is 5.91 Å². The number of nitrogens with one attached hydrogen (secondary N) is 2. The Bertz CT molecular complexity index is 672. The Morgan fingerprint density at radius 3 is 2.67 bits per heavy atom. The van der Waals surface area contributed by atoms with Crippen LogP contribution in [-0.2, 0) is 0 Å². The molecule has 1 aromatic carbocycles. The summed E-state index contributed by atoms with van der Waals surface area (Å²) in [7, 11) is 0. The summed E-state index contributed by atoms with van der Waals surface area (Å²) in [6, 6.07) is 3.60. The number of rotatable bonds is 3. The molecule has 0 bridgehead atoms. The summed E-state index contributed by atoms with van der Waals surface area (Å²) >= 11 is 2.93. The number of nitrogens with zero attached hydrogens (tertiary/aromatic N) is 1. The monoisotopic (exact) mass is 364 g/mol. The fraction of sp³-hybridized carbons (Fsp3) is 0.0909. The molecule has 2 aromatic rings. The van der Waals surface area contributed by atoms with Gasteiger partial charge in [0.1, 0.15) is 11.4 Å². The summed E-state index contributed by atoms with van der Waals surface area (Å²) in [6.45, 7) is 0. The van der Waals surface area contributed by atoms with Gasteiger partial charge >= 0.3 is 6.36 Å². The summed E-state index contributed by atoms with van der Waals surface area (Å²) in [6.07, 6.45) is -3.53. The van der Waals surface area contributed by atoms with Gasteiger partial charge in [0.05, 0.1) is 16.4 Å². The third-order valence-electron chi connectivity index (χ3n) is 2.31. The van der Waals surface area contributed by atoms with Gasteiger partial charge in [-0.25, -0.2) is 0 Å². The average Bonchev–Trinajstić information content (AvgIpc) is 2.77. The highest BCUT2D eigenvalue weighted by atomic mass is 79.9. The van der Waals surface area contributed by atoms with Crippen LogP contribution in [0.15, 0.2) is 28.9 Å². The summed E-state index contributed by atoms with van der Waals surface area (Å²) in [5, 5.41) is 8.46. The summed E-state index contributed by atoms with van der Waals surface area (Å²) < 4.78 is 40.2. The van der Waals surface area contributed by atoms with Gasteiger partial charge in [-0.15, -0.1) is 13.2 Å². The first-order chi connectivity index (χ1) is 9.76. The van der Waals surface area contributed by atoms with Crippen molar-refractivity contribution in [2.45, 2.75) is 6.36 Å². The molecule has 0 saturated carbocycles. The van der Waals surface area contributed by atoms with E-state index in [1.165, 1.54) is 18.3 Å². The Labute approximate surface area is 124 Å². The molecule has 6 nitrogen and oxygen atoms in total. The Balaban J connectivity index is 2.14. The maximum absolute atomic E-state index is 12.1. The van der Waals surface area contributed by atoms with Crippen molar-refractivity contribution in [1.82, 2.24) is 10.2 Å². The number of amides is 1. The molecule has 21 heavy (non-hydrogen) atoms. The average molecular weight is 365 g/mol. The number of H-pyrrole nitrogens is 1. The molecule has 0 spiro atoms. The molecule has 0 unspecified atom stereocenters. The van der Waals surface area contributed by atoms with E-state index < -0.39 is 18.0 Å². The Hall–Kier alpha value is -2.23. The third kappa shape index (κ3) is 3.88. The van der Waals surface area contributed by atoms with Crippen LogP contribution in [0.2, 0.25) is 0 Å². The number of anilines is 2. The zero-order valence-electron chi connectivity index (χ0n) is 10.2.